The van der Waals surface area contributed by atoms with E-state index in [9.17, 15) is 27.6 Å². The van der Waals surface area contributed by atoms with Gasteiger partial charge in [0.2, 0.25) is 21.8 Å². The second kappa shape index (κ2) is 19.2. The molecule has 3 aromatic carbocycles. The van der Waals surface area contributed by atoms with Gasteiger partial charge < -0.3 is 39.9 Å². The zero-order valence-corrected chi connectivity index (χ0v) is 38.0. The first kappa shape index (κ1) is 45.7. The number of carbonyl (C=O) groups is 4. The van der Waals surface area contributed by atoms with Crippen LogP contribution in [0.4, 0.5) is 9.59 Å². The minimum absolute atomic E-state index is 0.121. The van der Waals surface area contributed by atoms with Crippen molar-refractivity contribution in [1.82, 2.24) is 45.1 Å². The summed E-state index contributed by atoms with van der Waals surface area (Å²) >= 11 is 0. The van der Waals surface area contributed by atoms with Gasteiger partial charge in [0.15, 0.2) is 0 Å². The fourth-order valence-corrected chi connectivity index (χ4v) is 9.19. The highest BCUT2D eigenvalue weighted by molar-refractivity contribution is 7.88. The van der Waals surface area contributed by atoms with Crippen LogP contribution in [0.25, 0.3) is 44.4 Å². The molecular formula is C46H57N9O8S. The Kier molecular flexibility index (Phi) is 13.7. The average molecular weight is 896 g/mol. The van der Waals surface area contributed by atoms with Crippen molar-refractivity contribution in [2.45, 2.75) is 71.1 Å². The predicted molar refractivity (Wildman–Crippen MR) is 242 cm³/mol. The van der Waals surface area contributed by atoms with Crippen LogP contribution in [0.5, 0.6) is 0 Å². The molecule has 4 heterocycles. The molecule has 0 saturated carbocycles. The molecule has 0 aliphatic carbocycles. The number of ether oxygens (including phenoxy) is 2. The first-order chi connectivity index (χ1) is 30.5. The fourth-order valence-electron chi connectivity index (χ4n) is 8.65. The number of H-pyrrole nitrogens is 2. The second-order valence-electron chi connectivity index (χ2n) is 17.4. The topological polar surface area (TPSA) is 221 Å². The van der Waals surface area contributed by atoms with Crippen molar-refractivity contribution in [3.8, 4) is 33.6 Å². The van der Waals surface area contributed by atoms with E-state index in [1.807, 2.05) is 52.0 Å². The largest absolute Gasteiger partial charge is 0.453 e. The number of aromatic nitrogens is 4. The highest BCUT2D eigenvalue weighted by Gasteiger charge is 2.42. The molecule has 5 unspecified atom stereocenters. The Bertz CT molecular complexity index is 2610. The third-order valence-corrected chi connectivity index (χ3v) is 12.8. The van der Waals surface area contributed by atoms with E-state index < -0.39 is 40.3 Å². The SMILES string of the molecule is COC(=O)NC(C(=O)N1CCCC1c1ncc(-c2ccc3cc(-c4ccc(-c5cnc(C6CC(CNS(C)(=O)=O)CN6C(=O)C(NC(=O)OC)C(C)C)[nH]5)cc4)ccc3c2)[nH]1)C(C)C. The standard InChI is InChI=1S/C46H57N9O8S/c1-26(2)39(52-45(58)62-5)43(56)54-18-8-9-37(54)41-47-24-36(51-41)34-17-16-32-20-31(14-15-33(32)21-34)29-10-12-30(13-11-29)35-23-48-42(50-35)38-19-28(22-49-64(7,60)61)25-55(38)44(57)40(27(3)4)53-46(59)63-6/h10-17,20-21,23-24,26-28,37-40,49H,8-9,18-19,22,25H2,1-7H3,(H,47,51)(H,48,50)(H,52,58)(H,53,59). The number of nitrogens with one attached hydrogen (secondary N) is 5. The fraction of sp³-hybridized carbons (Fsp3) is 0.435. The summed E-state index contributed by atoms with van der Waals surface area (Å²) in [7, 11) is -0.919. The van der Waals surface area contributed by atoms with Crippen LogP contribution >= 0.6 is 0 Å². The number of amides is 4. The third kappa shape index (κ3) is 10.2. The second-order valence-corrected chi connectivity index (χ2v) is 19.2. The van der Waals surface area contributed by atoms with Crippen LogP contribution < -0.4 is 15.4 Å². The Morgan fingerprint density at radius 2 is 1.22 bits per heavy atom. The number of benzene rings is 3. The van der Waals surface area contributed by atoms with Gasteiger partial charge in [0.25, 0.3) is 0 Å². The molecular weight excluding hydrogens is 839 g/mol. The van der Waals surface area contributed by atoms with Gasteiger partial charge in [-0.1, -0.05) is 76.2 Å². The van der Waals surface area contributed by atoms with E-state index in [0.717, 1.165) is 63.5 Å². The molecule has 7 rings (SSSR count). The van der Waals surface area contributed by atoms with E-state index in [-0.39, 0.29) is 48.7 Å². The maximum Gasteiger partial charge on any atom is 0.407 e. The Balaban J connectivity index is 1.05. The van der Waals surface area contributed by atoms with Crippen LogP contribution in [0.3, 0.4) is 0 Å². The molecule has 4 amide bonds. The van der Waals surface area contributed by atoms with Crippen molar-refractivity contribution in [3.63, 3.8) is 0 Å². The van der Waals surface area contributed by atoms with Crippen molar-refractivity contribution in [2.24, 2.45) is 17.8 Å². The number of aromatic amines is 2. The van der Waals surface area contributed by atoms with E-state index in [0.29, 0.717) is 24.6 Å². The molecule has 2 aliphatic rings. The van der Waals surface area contributed by atoms with Gasteiger partial charge in [-0.05, 0) is 76.6 Å². The minimum Gasteiger partial charge on any atom is -0.453 e. The van der Waals surface area contributed by atoms with Gasteiger partial charge in [-0.3, -0.25) is 9.59 Å². The van der Waals surface area contributed by atoms with Gasteiger partial charge in [0, 0.05) is 25.2 Å². The summed E-state index contributed by atoms with van der Waals surface area (Å²) in [5, 5.41) is 7.48. The number of nitrogens with zero attached hydrogens (tertiary/aromatic N) is 4. The van der Waals surface area contributed by atoms with Crippen molar-refractivity contribution in [3.05, 3.63) is 84.7 Å². The molecule has 5 N–H and O–H groups in total. The first-order valence-corrected chi connectivity index (χ1v) is 23.4. The predicted octanol–water partition coefficient (Wildman–Crippen LogP) is 6.15. The van der Waals surface area contributed by atoms with Gasteiger partial charge in [0.1, 0.15) is 23.7 Å². The van der Waals surface area contributed by atoms with Crippen LogP contribution in [-0.4, -0.2) is 114 Å². The van der Waals surface area contributed by atoms with Gasteiger partial charge in [-0.15, -0.1) is 0 Å². The van der Waals surface area contributed by atoms with Gasteiger partial charge in [-0.25, -0.2) is 32.7 Å². The van der Waals surface area contributed by atoms with Crippen LogP contribution in [0.2, 0.25) is 0 Å². The molecule has 2 saturated heterocycles. The van der Waals surface area contributed by atoms with Crippen molar-refractivity contribution in [2.75, 3.05) is 40.1 Å². The maximum absolute atomic E-state index is 14.0. The summed E-state index contributed by atoms with van der Waals surface area (Å²) in [5.41, 5.74) is 5.54. The molecule has 2 aromatic heterocycles. The molecule has 5 aromatic rings. The summed E-state index contributed by atoms with van der Waals surface area (Å²) in [6.45, 7) is 8.48. The van der Waals surface area contributed by atoms with Crippen molar-refractivity contribution >= 4 is 44.8 Å². The molecule has 340 valence electrons. The Labute approximate surface area is 373 Å². The van der Waals surface area contributed by atoms with Crippen LogP contribution in [-0.2, 0) is 29.1 Å². The number of methoxy groups -OCH3 is 2. The maximum atomic E-state index is 14.0. The number of imidazole rings is 2. The highest BCUT2D eigenvalue weighted by atomic mass is 32.2. The summed E-state index contributed by atoms with van der Waals surface area (Å²) in [6.07, 6.45) is 5.35. The van der Waals surface area contributed by atoms with Gasteiger partial charge in [-0.2, -0.15) is 0 Å². The lowest BCUT2D eigenvalue weighted by Crippen LogP contribution is -2.51. The molecule has 5 atom stereocenters. The number of fused-ring (bicyclic) bond motifs is 1. The quantitative estimate of drug-likeness (QED) is 0.0856. The highest BCUT2D eigenvalue weighted by Crippen LogP contribution is 2.37. The average Bonchev–Trinajstić information content (AvgIpc) is 4.12. The smallest absolute Gasteiger partial charge is 0.407 e. The number of hydrogen-bond donors (Lipinski definition) is 5. The van der Waals surface area contributed by atoms with Crippen molar-refractivity contribution < 1.29 is 37.1 Å². The lowest BCUT2D eigenvalue weighted by atomic mass is 9.98. The van der Waals surface area contributed by atoms with E-state index >= 15 is 0 Å². The molecule has 0 spiro atoms. The van der Waals surface area contributed by atoms with Gasteiger partial charge in [0.05, 0.1) is 56.3 Å². The molecule has 2 aliphatic heterocycles. The monoisotopic (exact) mass is 895 g/mol. The Morgan fingerprint density at radius 1 is 0.719 bits per heavy atom. The first-order valence-electron chi connectivity index (χ1n) is 21.5. The molecule has 18 heteroatoms. The Hall–Kier alpha value is -6.27. The molecule has 17 nitrogen and oxygen atoms in total. The van der Waals surface area contributed by atoms with Crippen LogP contribution in [0, 0.1) is 17.8 Å². The number of rotatable bonds is 14. The number of carbonyl (C=O) groups excluding carboxylic acids is 4. The molecule has 2 fully saturated rings. The summed E-state index contributed by atoms with van der Waals surface area (Å²) in [4.78, 5) is 71.5. The van der Waals surface area contributed by atoms with E-state index in [2.05, 4.69) is 61.7 Å². The van der Waals surface area contributed by atoms with E-state index in [1.165, 1.54) is 14.2 Å². The van der Waals surface area contributed by atoms with Gasteiger partial charge >= 0.3 is 12.2 Å². The Morgan fingerprint density at radius 3 is 1.78 bits per heavy atom. The lowest BCUT2D eigenvalue weighted by molar-refractivity contribution is -0.136. The third-order valence-electron chi connectivity index (χ3n) is 12.1. The van der Waals surface area contributed by atoms with Crippen LogP contribution in [0.1, 0.15) is 70.7 Å². The summed E-state index contributed by atoms with van der Waals surface area (Å²) < 4.78 is 36.0. The molecule has 0 radical (unpaired) electrons. The summed E-state index contributed by atoms with van der Waals surface area (Å²) in [5.74, 6) is 0.285. The zero-order chi connectivity index (χ0) is 45.9. The minimum atomic E-state index is -3.44. The molecule has 0 bridgehead atoms. The van der Waals surface area contributed by atoms with Crippen LogP contribution in [0.15, 0.2) is 73.1 Å². The molecule has 64 heavy (non-hydrogen) atoms. The number of likely N-dealkylation sites (tertiary alicyclic amines) is 2. The normalized spacial score (nSPS) is 18.7. The van der Waals surface area contributed by atoms with E-state index in [4.69, 9.17) is 19.4 Å². The number of alkyl carbamates (subject to hydrolysis) is 2. The van der Waals surface area contributed by atoms with E-state index in [1.54, 1.807) is 22.2 Å². The number of hydrogen-bond acceptors (Lipinski definition) is 10. The van der Waals surface area contributed by atoms with Crippen molar-refractivity contribution in [1.29, 1.82) is 0 Å². The number of sulfonamides is 1. The summed E-state index contributed by atoms with van der Waals surface area (Å²) in [6, 6.07) is 18.4. The zero-order valence-electron chi connectivity index (χ0n) is 37.2. The lowest BCUT2D eigenvalue weighted by Gasteiger charge is -2.30.